The van der Waals surface area contributed by atoms with Crippen molar-refractivity contribution in [3.05, 3.63) is 17.0 Å². The number of amides is 1. The van der Waals surface area contributed by atoms with Crippen LogP contribution in [0.25, 0.3) is 0 Å². The SMILES string of the molecule is CCC1CCC(N(C(=O)Cc2c(C)nn(C)c2C)C2CC2)CC1. The second-order valence-electron chi connectivity index (χ2n) is 7.56. The van der Waals surface area contributed by atoms with Crippen molar-refractivity contribution in [2.45, 2.75) is 84.2 Å². The standard InChI is InChI=1S/C19H31N3O/c1-5-15-6-8-16(9-7-15)22(17-10-11-17)19(23)12-18-13(2)20-21(4)14(18)3/h15-17H,5-12H2,1-4H3. The molecule has 0 bridgehead atoms. The van der Waals surface area contributed by atoms with Crippen molar-refractivity contribution in [2.24, 2.45) is 13.0 Å². The monoisotopic (exact) mass is 317 g/mol. The molecule has 0 unspecified atom stereocenters. The van der Waals surface area contributed by atoms with E-state index in [1.165, 1.54) is 44.9 Å². The van der Waals surface area contributed by atoms with E-state index in [0.29, 0.717) is 24.4 Å². The molecule has 0 aliphatic heterocycles. The van der Waals surface area contributed by atoms with Gasteiger partial charge in [0.25, 0.3) is 0 Å². The summed E-state index contributed by atoms with van der Waals surface area (Å²) >= 11 is 0. The molecule has 2 saturated carbocycles. The van der Waals surface area contributed by atoms with Gasteiger partial charge in [0.05, 0.1) is 12.1 Å². The average molecular weight is 317 g/mol. The average Bonchev–Trinajstić information content (AvgIpc) is 3.33. The fourth-order valence-electron chi connectivity index (χ4n) is 4.21. The highest BCUT2D eigenvalue weighted by Gasteiger charge is 2.38. The van der Waals surface area contributed by atoms with E-state index >= 15 is 0 Å². The van der Waals surface area contributed by atoms with Crippen LogP contribution in [0.3, 0.4) is 0 Å². The van der Waals surface area contributed by atoms with Gasteiger partial charge in [-0.05, 0) is 58.3 Å². The Labute approximate surface area is 140 Å². The highest BCUT2D eigenvalue weighted by Crippen LogP contribution is 2.36. The molecule has 2 aliphatic carbocycles. The van der Waals surface area contributed by atoms with Crippen LogP contribution in [-0.2, 0) is 18.3 Å². The number of nitrogens with zero attached hydrogens (tertiary/aromatic N) is 3. The zero-order valence-corrected chi connectivity index (χ0v) is 15.1. The topological polar surface area (TPSA) is 38.1 Å². The Bertz CT molecular complexity index is 565. The number of hydrogen-bond donors (Lipinski definition) is 0. The predicted octanol–water partition coefficient (Wildman–Crippen LogP) is 3.54. The first-order valence-electron chi connectivity index (χ1n) is 9.31. The fourth-order valence-corrected chi connectivity index (χ4v) is 4.21. The largest absolute Gasteiger partial charge is 0.336 e. The number of aromatic nitrogens is 2. The molecule has 2 aliphatic rings. The molecule has 1 aromatic heterocycles. The minimum absolute atomic E-state index is 0.326. The lowest BCUT2D eigenvalue weighted by atomic mass is 9.83. The van der Waals surface area contributed by atoms with Crippen molar-refractivity contribution in [2.75, 3.05) is 0 Å². The van der Waals surface area contributed by atoms with Crippen LogP contribution in [0, 0.1) is 19.8 Å². The van der Waals surface area contributed by atoms with E-state index in [9.17, 15) is 4.79 Å². The first-order chi connectivity index (χ1) is 11.0. The van der Waals surface area contributed by atoms with Gasteiger partial charge in [0.15, 0.2) is 0 Å². The summed E-state index contributed by atoms with van der Waals surface area (Å²) in [6.45, 7) is 6.38. The summed E-state index contributed by atoms with van der Waals surface area (Å²) < 4.78 is 1.89. The minimum Gasteiger partial charge on any atom is -0.336 e. The zero-order valence-electron chi connectivity index (χ0n) is 15.1. The molecule has 23 heavy (non-hydrogen) atoms. The molecule has 1 heterocycles. The van der Waals surface area contributed by atoms with Crippen molar-refractivity contribution in [3.8, 4) is 0 Å². The van der Waals surface area contributed by atoms with Gasteiger partial charge in [-0.3, -0.25) is 9.48 Å². The van der Waals surface area contributed by atoms with Crippen LogP contribution in [0.1, 0.15) is 68.8 Å². The van der Waals surface area contributed by atoms with E-state index in [0.717, 1.165) is 22.9 Å². The van der Waals surface area contributed by atoms with Crippen molar-refractivity contribution in [3.63, 3.8) is 0 Å². The van der Waals surface area contributed by atoms with Gasteiger partial charge < -0.3 is 4.90 Å². The maximum absolute atomic E-state index is 13.0. The Morgan fingerprint density at radius 3 is 2.13 bits per heavy atom. The molecular weight excluding hydrogens is 286 g/mol. The lowest BCUT2D eigenvalue weighted by Gasteiger charge is -2.37. The highest BCUT2D eigenvalue weighted by molar-refractivity contribution is 5.80. The Morgan fingerprint density at radius 2 is 1.70 bits per heavy atom. The Hall–Kier alpha value is -1.32. The number of hydrogen-bond acceptors (Lipinski definition) is 2. The number of rotatable bonds is 5. The molecule has 4 heteroatoms. The predicted molar refractivity (Wildman–Crippen MR) is 92.3 cm³/mol. The van der Waals surface area contributed by atoms with Gasteiger partial charge in [0, 0.05) is 30.4 Å². The highest BCUT2D eigenvalue weighted by atomic mass is 16.2. The summed E-state index contributed by atoms with van der Waals surface area (Å²) in [7, 11) is 1.96. The molecule has 4 nitrogen and oxygen atoms in total. The van der Waals surface area contributed by atoms with Crippen LogP contribution < -0.4 is 0 Å². The lowest BCUT2D eigenvalue weighted by molar-refractivity contribution is -0.134. The Morgan fingerprint density at radius 1 is 1.13 bits per heavy atom. The van der Waals surface area contributed by atoms with Crippen LogP contribution in [0.15, 0.2) is 0 Å². The molecule has 0 atom stereocenters. The summed E-state index contributed by atoms with van der Waals surface area (Å²) in [6.07, 6.45) is 9.20. The summed E-state index contributed by atoms with van der Waals surface area (Å²) in [6, 6.07) is 0.998. The second-order valence-corrected chi connectivity index (χ2v) is 7.56. The number of carbonyl (C=O) groups is 1. The summed E-state index contributed by atoms with van der Waals surface area (Å²) in [5.74, 6) is 1.21. The van der Waals surface area contributed by atoms with Gasteiger partial charge in [0.1, 0.15) is 0 Å². The third-order valence-electron chi connectivity index (χ3n) is 6.00. The first kappa shape index (κ1) is 16.5. The second kappa shape index (κ2) is 6.66. The van der Waals surface area contributed by atoms with Crippen LogP contribution in [0.2, 0.25) is 0 Å². The molecule has 1 amide bonds. The van der Waals surface area contributed by atoms with Gasteiger partial charge in [-0.1, -0.05) is 13.3 Å². The van der Waals surface area contributed by atoms with E-state index in [2.05, 4.69) is 23.8 Å². The summed E-state index contributed by atoms with van der Waals surface area (Å²) in [5.41, 5.74) is 3.26. The molecule has 1 aromatic rings. The van der Waals surface area contributed by atoms with Gasteiger partial charge in [-0.15, -0.1) is 0 Å². The smallest absolute Gasteiger partial charge is 0.227 e. The van der Waals surface area contributed by atoms with E-state index in [1.54, 1.807) is 0 Å². The number of carbonyl (C=O) groups excluding carboxylic acids is 1. The van der Waals surface area contributed by atoms with Crippen molar-refractivity contribution >= 4 is 5.91 Å². The van der Waals surface area contributed by atoms with Crippen LogP contribution in [0.4, 0.5) is 0 Å². The van der Waals surface area contributed by atoms with E-state index in [-0.39, 0.29) is 0 Å². The van der Waals surface area contributed by atoms with Crippen LogP contribution in [0.5, 0.6) is 0 Å². The van der Waals surface area contributed by atoms with Gasteiger partial charge in [0.2, 0.25) is 5.91 Å². The fraction of sp³-hybridized carbons (Fsp3) is 0.789. The summed E-state index contributed by atoms with van der Waals surface area (Å²) in [4.78, 5) is 15.3. The maximum atomic E-state index is 13.0. The third kappa shape index (κ3) is 3.46. The van der Waals surface area contributed by atoms with E-state index in [1.807, 2.05) is 18.7 Å². The minimum atomic E-state index is 0.326. The molecule has 0 N–H and O–H groups in total. The third-order valence-corrected chi connectivity index (χ3v) is 6.00. The van der Waals surface area contributed by atoms with Crippen molar-refractivity contribution in [1.29, 1.82) is 0 Å². The molecule has 2 fully saturated rings. The van der Waals surface area contributed by atoms with Gasteiger partial charge in [-0.2, -0.15) is 5.10 Å². The molecular formula is C19H31N3O. The van der Waals surface area contributed by atoms with Crippen LogP contribution in [-0.4, -0.2) is 32.7 Å². The zero-order chi connectivity index (χ0) is 16.6. The lowest BCUT2D eigenvalue weighted by Crippen LogP contribution is -2.44. The molecule has 0 aromatic carbocycles. The summed E-state index contributed by atoms with van der Waals surface area (Å²) in [5, 5.41) is 4.46. The van der Waals surface area contributed by atoms with Gasteiger partial charge in [-0.25, -0.2) is 0 Å². The van der Waals surface area contributed by atoms with Crippen LogP contribution >= 0.6 is 0 Å². The Balaban J connectivity index is 1.70. The molecule has 0 spiro atoms. The van der Waals surface area contributed by atoms with Crippen molar-refractivity contribution < 1.29 is 4.79 Å². The van der Waals surface area contributed by atoms with Gasteiger partial charge >= 0.3 is 0 Å². The molecule has 0 radical (unpaired) electrons. The maximum Gasteiger partial charge on any atom is 0.227 e. The molecule has 0 saturated heterocycles. The van der Waals surface area contributed by atoms with Crippen molar-refractivity contribution in [1.82, 2.24) is 14.7 Å². The quantitative estimate of drug-likeness (QED) is 0.833. The normalized spacial score (nSPS) is 24.7. The molecule has 3 rings (SSSR count). The first-order valence-corrected chi connectivity index (χ1v) is 9.31. The number of aryl methyl sites for hydroxylation is 2. The Kier molecular flexibility index (Phi) is 4.79. The van der Waals surface area contributed by atoms with E-state index < -0.39 is 0 Å². The molecule has 128 valence electrons. The van der Waals surface area contributed by atoms with E-state index in [4.69, 9.17) is 0 Å².